The molecule has 9 nitrogen and oxygen atoms in total. The molecule has 0 aliphatic carbocycles. The summed E-state index contributed by atoms with van der Waals surface area (Å²) in [5, 5.41) is 4.29. The minimum absolute atomic E-state index is 0.0423. The summed E-state index contributed by atoms with van der Waals surface area (Å²) in [6, 6.07) is 21.0. The number of hydrogen-bond acceptors (Lipinski definition) is 7. The molecule has 0 radical (unpaired) electrons. The van der Waals surface area contributed by atoms with Crippen LogP contribution in [0.1, 0.15) is 29.9 Å². The number of hydrogen-bond donors (Lipinski definition) is 2. The lowest BCUT2D eigenvalue weighted by atomic mass is 10.2. The largest absolute Gasteiger partial charge is 0.482 e. The first-order valence-corrected chi connectivity index (χ1v) is 13.2. The Morgan fingerprint density at radius 3 is 2.56 bits per heavy atom. The zero-order valence-electron chi connectivity index (χ0n) is 22.2. The van der Waals surface area contributed by atoms with E-state index in [2.05, 4.69) is 34.0 Å². The highest BCUT2D eigenvalue weighted by molar-refractivity contribution is 5.98. The van der Waals surface area contributed by atoms with Crippen molar-refractivity contribution in [1.82, 2.24) is 14.9 Å². The van der Waals surface area contributed by atoms with Gasteiger partial charge in [-0.3, -0.25) is 4.79 Å². The smallest absolute Gasteiger partial charge is 0.344 e. The number of fused-ring (bicyclic) bond motifs is 1. The van der Waals surface area contributed by atoms with Gasteiger partial charge in [-0.25, -0.2) is 9.78 Å². The number of benzene rings is 2. The standard InChI is InChI=1S/C30H33N5O4/c1-21(2)32-26-9-6-12-31-29(26)34-13-15-35(16-14-34)30(37)27-18-23-17-24(10-11-25(23)33-27)38-20-28(36)39-19-22-7-4-3-5-8-22/h3-12,17-18,21,32-33H,13-16,19-20H2,1-2H3. The fourth-order valence-electron chi connectivity index (χ4n) is 4.60. The van der Waals surface area contributed by atoms with Gasteiger partial charge in [-0.1, -0.05) is 30.3 Å². The Kier molecular flexibility index (Phi) is 7.96. The number of ether oxygens (including phenoxy) is 2. The van der Waals surface area contributed by atoms with Gasteiger partial charge in [0.05, 0.1) is 5.69 Å². The molecule has 2 aromatic carbocycles. The number of pyridine rings is 1. The van der Waals surface area contributed by atoms with Crippen molar-refractivity contribution in [2.75, 3.05) is 43.0 Å². The molecule has 0 atom stereocenters. The fraction of sp³-hybridized carbons (Fsp3) is 0.300. The van der Waals surface area contributed by atoms with Crippen molar-refractivity contribution in [3.8, 4) is 5.75 Å². The summed E-state index contributed by atoms with van der Waals surface area (Å²) in [5.74, 6) is 0.965. The lowest BCUT2D eigenvalue weighted by Gasteiger charge is -2.36. The summed E-state index contributed by atoms with van der Waals surface area (Å²) in [6.45, 7) is 6.83. The van der Waals surface area contributed by atoms with Crippen LogP contribution >= 0.6 is 0 Å². The van der Waals surface area contributed by atoms with E-state index in [9.17, 15) is 9.59 Å². The summed E-state index contributed by atoms with van der Waals surface area (Å²) in [7, 11) is 0. The Morgan fingerprint density at radius 1 is 1.00 bits per heavy atom. The molecular formula is C30H33N5O4. The zero-order chi connectivity index (χ0) is 27.2. The molecule has 9 heteroatoms. The highest BCUT2D eigenvalue weighted by Gasteiger charge is 2.25. The van der Waals surface area contributed by atoms with Gasteiger partial charge in [-0.05, 0) is 55.8 Å². The van der Waals surface area contributed by atoms with Crippen molar-refractivity contribution in [3.63, 3.8) is 0 Å². The minimum Gasteiger partial charge on any atom is -0.482 e. The maximum absolute atomic E-state index is 13.3. The van der Waals surface area contributed by atoms with E-state index in [0.717, 1.165) is 28.0 Å². The Bertz CT molecular complexity index is 1430. The number of carbonyl (C=O) groups excluding carboxylic acids is 2. The van der Waals surface area contributed by atoms with Gasteiger partial charge in [0.25, 0.3) is 5.91 Å². The molecule has 1 aliphatic rings. The molecule has 2 N–H and O–H groups in total. The number of anilines is 2. The van der Waals surface area contributed by atoms with E-state index in [1.165, 1.54) is 0 Å². The van der Waals surface area contributed by atoms with E-state index >= 15 is 0 Å². The summed E-state index contributed by atoms with van der Waals surface area (Å²) in [5.41, 5.74) is 3.28. The van der Waals surface area contributed by atoms with Gasteiger partial charge in [-0.15, -0.1) is 0 Å². The van der Waals surface area contributed by atoms with Crippen molar-refractivity contribution < 1.29 is 19.1 Å². The lowest BCUT2D eigenvalue weighted by molar-refractivity contribution is -0.147. The van der Waals surface area contributed by atoms with Crippen molar-refractivity contribution in [2.24, 2.45) is 0 Å². The molecule has 0 unspecified atom stereocenters. The molecule has 1 aliphatic heterocycles. The number of nitrogens with zero attached hydrogens (tertiary/aromatic N) is 3. The summed E-state index contributed by atoms with van der Waals surface area (Å²) in [6.07, 6.45) is 1.80. The number of H-pyrrole nitrogens is 1. The van der Waals surface area contributed by atoms with Crippen molar-refractivity contribution in [3.05, 3.63) is 84.2 Å². The van der Waals surface area contributed by atoms with Crippen LogP contribution in [-0.4, -0.2) is 65.6 Å². The van der Waals surface area contributed by atoms with Crippen LogP contribution in [0.15, 0.2) is 72.9 Å². The van der Waals surface area contributed by atoms with Gasteiger partial charge < -0.3 is 29.6 Å². The van der Waals surface area contributed by atoms with Gasteiger partial charge in [-0.2, -0.15) is 0 Å². The van der Waals surface area contributed by atoms with Gasteiger partial charge in [0.15, 0.2) is 12.4 Å². The zero-order valence-corrected chi connectivity index (χ0v) is 22.2. The summed E-state index contributed by atoms with van der Waals surface area (Å²) < 4.78 is 10.9. The maximum Gasteiger partial charge on any atom is 0.344 e. The van der Waals surface area contributed by atoms with Crippen LogP contribution in [0.3, 0.4) is 0 Å². The topological polar surface area (TPSA) is 99.8 Å². The minimum atomic E-state index is -0.444. The van der Waals surface area contributed by atoms with Crippen molar-refractivity contribution in [1.29, 1.82) is 0 Å². The Balaban J connectivity index is 1.16. The number of amides is 1. The van der Waals surface area contributed by atoms with E-state index in [1.54, 1.807) is 12.3 Å². The quantitative estimate of drug-likeness (QED) is 0.310. The fourth-order valence-corrected chi connectivity index (χ4v) is 4.60. The van der Waals surface area contributed by atoms with Crippen molar-refractivity contribution >= 4 is 34.3 Å². The van der Waals surface area contributed by atoms with Crippen LogP contribution in [0.25, 0.3) is 10.9 Å². The Labute approximate surface area is 227 Å². The monoisotopic (exact) mass is 527 g/mol. The van der Waals surface area contributed by atoms with E-state index in [0.29, 0.717) is 43.7 Å². The number of rotatable bonds is 9. The third kappa shape index (κ3) is 6.49. The number of piperazine rings is 1. The van der Waals surface area contributed by atoms with Gasteiger partial charge >= 0.3 is 5.97 Å². The van der Waals surface area contributed by atoms with Crippen LogP contribution in [-0.2, 0) is 16.1 Å². The molecule has 1 fully saturated rings. The molecule has 202 valence electrons. The maximum atomic E-state index is 13.3. The molecule has 1 amide bonds. The van der Waals surface area contributed by atoms with Crippen molar-refractivity contribution in [2.45, 2.75) is 26.5 Å². The van der Waals surface area contributed by atoms with E-state index in [4.69, 9.17) is 9.47 Å². The first kappa shape index (κ1) is 26.1. The van der Waals surface area contributed by atoms with Gasteiger partial charge in [0.2, 0.25) is 0 Å². The highest BCUT2D eigenvalue weighted by atomic mass is 16.6. The molecule has 1 saturated heterocycles. The Morgan fingerprint density at radius 2 is 1.79 bits per heavy atom. The van der Waals surface area contributed by atoms with Gasteiger partial charge in [0, 0.05) is 49.3 Å². The Hall–Kier alpha value is -4.53. The molecule has 39 heavy (non-hydrogen) atoms. The predicted octanol–water partition coefficient (Wildman–Crippen LogP) is 4.47. The summed E-state index contributed by atoms with van der Waals surface area (Å²) >= 11 is 0. The van der Waals surface area contributed by atoms with Gasteiger partial charge in [0.1, 0.15) is 18.1 Å². The van der Waals surface area contributed by atoms with E-state index < -0.39 is 5.97 Å². The van der Waals surface area contributed by atoms with Crippen LogP contribution < -0.4 is 15.0 Å². The molecule has 0 bridgehead atoms. The lowest BCUT2D eigenvalue weighted by Crippen LogP contribution is -2.49. The second-order valence-corrected chi connectivity index (χ2v) is 9.82. The molecular weight excluding hydrogens is 494 g/mol. The molecule has 5 rings (SSSR count). The second kappa shape index (κ2) is 11.9. The normalized spacial score (nSPS) is 13.5. The van der Waals surface area contributed by atoms with Crippen LogP contribution in [0.2, 0.25) is 0 Å². The molecule has 0 spiro atoms. The van der Waals surface area contributed by atoms with Crippen LogP contribution in [0, 0.1) is 0 Å². The number of aromatic amines is 1. The molecule has 2 aromatic heterocycles. The predicted molar refractivity (Wildman–Crippen MR) is 151 cm³/mol. The molecule has 4 aromatic rings. The number of nitrogens with one attached hydrogen (secondary N) is 2. The molecule has 3 heterocycles. The molecule has 0 saturated carbocycles. The highest BCUT2D eigenvalue weighted by Crippen LogP contribution is 2.26. The SMILES string of the molecule is CC(C)Nc1cccnc1N1CCN(C(=O)c2cc3cc(OCC(=O)OCc4ccccc4)ccc3[nH]2)CC1. The number of carbonyl (C=O) groups is 2. The van der Waals surface area contributed by atoms with E-state index in [1.807, 2.05) is 65.6 Å². The first-order chi connectivity index (χ1) is 19.0. The second-order valence-electron chi connectivity index (χ2n) is 9.82. The average molecular weight is 528 g/mol. The third-order valence-electron chi connectivity index (χ3n) is 6.52. The average Bonchev–Trinajstić information content (AvgIpc) is 3.39. The number of aromatic nitrogens is 2. The third-order valence-corrected chi connectivity index (χ3v) is 6.52. The van der Waals surface area contributed by atoms with Crippen LogP contribution in [0.5, 0.6) is 5.75 Å². The van der Waals surface area contributed by atoms with E-state index in [-0.39, 0.29) is 19.1 Å². The first-order valence-electron chi connectivity index (χ1n) is 13.2. The van der Waals surface area contributed by atoms with Crippen LogP contribution in [0.4, 0.5) is 11.5 Å². The number of esters is 1. The summed E-state index contributed by atoms with van der Waals surface area (Å²) in [4.78, 5) is 37.2.